The van der Waals surface area contributed by atoms with Crippen LogP contribution < -0.4 is 10.9 Å². The van der Waals surface area contributed by atoms with Crippen molar-refractivity contribution in [1.29, 1.82) is 0 Å². The fraction of sp³-hybridized carbons (Fsp3) is 0.545. The molecule has 0 aliphatic heterocycles. The molecule has 0 radical (unpaired) electrons. The van der Waals surface area contributed by atoms with E-state index in [-0.39, 0.29) is 35.6 Å². The lowest BCUT2D eigenvalue weighted by Crippen LogP contribution is -2.35. The van der Waals surface area contributed by atoms with Crippen molar-refractivity contribution in [2.24, 2.45) is 17.8 Å². The summed E-state index contributed by atoms with van der Waals surface area (Å²) in [6, 6.07) is 0. The van der Waals surface area contributed by atoms with Crippen LogP contribution in [0.5, 0.6) is 0 Å². The lowest BCUT2D eigenvalue weighted by Gasteiger charge is -2.15. The number of rotatable bonds is 3. The number of anilines is 1. The largest absolute Gasteiger partial charge is 0.279 e. The molecule has 1 unspecified atom stereocenters. The Hall–Kier alpha value is -1.50. The quantitative estimate of drug-likeness (QED) is 0.833. The van der Waals surface area contributed by atoms with Gasteiger partial charge in [-0.3, -0.25) is 15.6 Å². The van der Waals surface area contributed by atoms with E-state index in [1.807, 2.05) is 0 Å². The van der Waals surface area contributed by atoms with Crippen LogP contribution in [0.4, 0.5) is 14.6 Å². The van der Waals surface area contributed by atoms with Gasteiger partial charge in [0.05, 0.1) is 0 Å². The number of carbonyl (C=O) groups is 1. The zero-order valence-corrected chi connectivity index (χ0v) is 10.5. The molecule has 2 saturated carbocycles. The third-order valence-electron chi connectivity index (χ3n) is 3.77. The van der Waals surface area contributed by atoms with Crippen molar-refractivity contribution in [1.82, 2.24) is 15.4 Å². The molecule has 0 saturated heterocycles. The maximum atomic E-state index is 13.0. The Morgan fingerprint density at radius 3 is 2.58 bits per heavy atom. The van der Waals surface area contributed by atoms with Crippen molar-refractivity contribution in [2.75, 3.05) is 5.43 Å². The van der Waals surface area contributed by atoms with Gasteiger partial charge in [0, 0.05) is 30.1 Å². The first-order valence-electron chi connectivity index (χ1n) is 5.90. The molecule has 1 aromatic heterocycles. The van der Waals surface area contributed by atoms with Gasteiger partial charge >= 0.3 is 0 Å². The van der Waals surface area contributed by atoms with Crippen molar-refractivity contribution < 1.29 is 13.6 Å². The molecule has 3 atom stereocenters. The predicted octanol–water partition coefficient (Wildman–Crippen LogP) is 1.86. The minimum absolute atomic E-state index is 0.128. The number of alkyl halides is 2. The Balaban J connectivity index is 1.52. The second-order valence-electron chi connectivity index (χ2n) is 4.87. The Labute approximate surface area is 112 Å². The number of aromatic nitrogens is 2. The summed E-state index contributed by atoms with van der Waals surface area (Å²) in [6.07, 6.45) is 3.31. The third kappa shape index (κ3) is 2.11. The minimum atomic E-state index is -2.56. The molecular weight excluding hydrogens is 278 g/mol. The smallest absolute Gasteiger partial charge is 0.254 e. The van der Waals surface area contributed by atoms with Crippen LogP contribution in [0.3, 0.4) is 0 Å². The van der Waals surface area contributed by atoms with E-state index in [4.69, 9.17) is 11.6 Å². The van der Waals surface area contributed by atoms with E-state index in [1.165, 1.54) is 12.4 Å². The van der Waals surface area contributed by atoms with Crippen molar-refractivity contribution in [3.63, 3.8) is 0 Å². The van der Waals surface area contributed by atoms with Gasteiger partial charge < -0.3 is 0 Å². The maximum Gasteiger partial charge on any atom is 0.254 e. The van der Waals surface area contributed by atoms with E-state index in [2.05, 4.69) is 20.8 Å². The number of halogens is 3. The molecule has 1 amide bonds. The molecule has 1 aromatic rings. The molecule has 2 aliphatic rings. The van der Waals surface area contributed by atoms with Crippen molar-refractivity contribution in [3.8, 4) is 0 Å². The highest BCUT2D eigenvalue weighted by Crippen LogP contribution is 2.65. The topological polar surface area (TPSA) is 66.9 Å². The molecular formula is C11H11ClF2N4O. The first-order chi connectivity index (χ1) is 9.00. The summed E-state index contributed by atoms with van der Waals surface area (Å²) < 4.78 is 26.0. The summed E-state index contributed by atoms with van der Waals surface area (Å²) in [5.74, 6) is -4.27. The summed E-state index contributed by atoms with van der Waals surface area (Å²) >= 11 is 5.75. The molecule has 0 bridgehead atoms. The Bertz CT molecular complexity index is 513. The van der Waals surface area contributed by atoms with Gasteiger partial charge in [0.1, 0.15) is 0 Å². The van der Waals surface area contributed by atoms with Gasteiger partial charge in [-0.25, -0.2) is 18.7 Å². The fourth-order valence-electron chi connectivity index (χ4n) is 2.65. The van der Waals surface area contributed by atoms with E-state index in [0.29, 0.717) is 0 Å². The minimum Gasteiger partial charge on any atom is -0.279 e. The maximum absolute atomic E-state index is 13.0. The molecule has 2 aliphatic carbocycles. The molecule has 0 aromatic carbocycles. The second-order valence-corrected chi connectivity index (χ2v) is 5.22. The second kappa shape index (κ2) is 4.26. The van der Waals surface area contributed by atoms with Crippen LogP contribution in [-0.4, -0.2) is 21.8 Å². The lowest BCUT2D eigenvalue weighted by atomic mass is 10.0. The van der Waals surface area contributed by atoms with Crippen molar-refractivity contribution in [2.45, 2.75) is 18.8 Å². The van der Waals surface area contributed by atoms with Crippen LogP contribution in [0.15, 0.2) is 12.4 Å². The number of hydrazine groups is 1. The van der Waals surface area contributed by atoms with E-state index >= 15 is 0 Å². The summed E-state index contributed by atoms with van der Waals surface area (Å²) in [7, 11) is 0. The van der Waals surface area contributed by atoms with Crippen LogP contribution >= 0.6 is 11.6 Å². The molecule has 102 valence electrons. The molecule has 19 heavy (non-hydrogen) atoms. The number of nitrogens with one attached hydrogen (secondary N) is 2. The Kier molecular flexibility index (Phi) is 2.81. The van der Waals surface area contributed by atoms with Crippen LogP contribution in [-0.2, 0) is 4.79 Å². The molecule has 3 rings (SSSR count). The van der Waals surface area contributed by atoms with Gasteiger partial charge in [0.25, 0.3) is 5.92 Å². The van der Waals surface area contributed by atoms with E-state index in [0.717, 1.165) is 0 Å². The van der Waals surface area contributed by atoms with Gasteiger partial charge in [-0.05, 0) is 12.8 Å². The first kappa shape index (κ1) is 12.5. The van der Waals surface area contributed by atoms with Gasteiger partial charge in [0.2, 0.25) is 5.91 Å². The monoisotopic (exact) mass is 288 g/mol. The van der Waals surface area contributed by atoms with Gasteiger partial charge in [-0.15, -0.1) is 0 Å². The molecule has 5 nitrogen and oxygen atoms in total. The molecule has 1 heterocycles. The van der Waals surface area contributed by atoms with Crippen LogP contribution in [0, 0.1) is 17.8 Å². The van der Waals surface area contributed by atoms with Crippen LogP contribution in [0.1, 0.15) is 12.8 Å². The number of fused-ring (bicyclic) bond motifs is 1. The number of amides is 1. The number of hydrogen-bond donors (Lipinski definition) is 2. The Morgan fingerprint density at radius 1 is 1.32 bits per heavy atom. The van der Waals surface area contributed by atoms with Crippen LogP contribution in [0.2, 0.25) is 5.15 Å². The number of hydrogen-bond acceptors (Lipinski definition) is 4. The standard InChI is InChI=1S/C11H11ClF2N4O/c12-8-9(16-2-1-15-8)17-18-10(19)5-3-6-7(4-5)11(6,13)14/h1-2,5-7H,3-4H2,(H,16,17)(H,18,19)/t5?,6-,7+. The molecule has 8 heteroatoms. The van der Waals surface area contributed by atoms with Gasteiger partial charge in [-0.2, -0.15) is 0 Å². The van der Waals surface area contributed by atoms with E-state index in [1.54, 1.807) is 0 Å². The average Bonchev–Trinajstić information content (AvgIpc) is 2.79. The summed E-state index contributed by atoms with van der Waals surface area (Å²) in [6.45, 7) is 0. The SMILES string of the molecule is O=C(NNc1nccnc1Cl)C1C[C@@H]2[C@H](C1)C2(F)F. The van der Waals surface area contributed by atoms with Gasteiger partial charge in [-0.1, -0.05) is 11.6 Å². The average molecular weight is 289 g/mol. The highest BCUT2D eigenvalue weighted by Gasteiger charge is 2.72. The van der Waals surface area contributed by atoms with E-state index < -0.39 is 17.8 Å². The Morgan fingerprint density at radius 2 is 1.95 bits per heavy atom. The molecule has 2 fully saturated rings. The summed E-state index contributed by atoms with van der Waals surface area (Å²) in [5.41, 5.74) is 4.98. The normalized spacial score (nSPS) is 30.6. The summed E-state index contributed by atoms with van der Waals surface area (Å²) in [5, 5.41) is 0.128. The molecule has 0 spiro atoms. The fourth-order valence-corrected chi connectivity index (χ4v) is 2.81. The highest BCUT2D eigenvalue weighted by atomic mass is 35.5. The zero-order chi connectivity index (χ0) is 13.6. The lowest BCUT2D eigenvalue weighted by molar-refractivity contribution is -0.125. The van der Waals surface area contributed by atoms with Gasteiger partial charge in [0.15, 0.2) is 11.0 Å². The number of carbonyl (C=O) groups excluding carboxylic acids is 1. The van der Waals surface area contributed by atoms with Crippen LogP contribution in [0.25, 0.3) is 0 Å². The van der Waals surface area contributed by atoms with E-state index in [9.17, 15) is 13.6 Å². The number of nitrogens with zero attached hydrogens (tertiary/aromatic N) is 2. The molecule has 2 N–H and O–H groups in total. The summed E-state index contributed by atoms with van der Waals surface area (Å²) in [4.78, 5) is 19.5. The van der Waals surface area contributed by atoms with Crippen molar-refractivity contribution >= 4 is 23.3 Å². The predicted molar refractivity (Wildman–Crippen MR) is 63.5 cm³/mol. The third-order valence-corrected chi connectivity index (χ3v) is 4.05. The van der Waals surface area contributed by atoms with Crippen molar-refractivity contribution in [3.05, 3.63) is 17.5 Å². The first-order valence-corrected chi connectivity index (χ1v) is 6.28. The zero-order valence-electron chi connectivity index (χ0n) is 9.74. The highest BCUT2D eigenvalue weighted by molar-refractivity contribution is 6.31.